The van der Waals surface area contributed by atoms with Crippen LogP contribution in [-0.2, 0) is 13.7 Å². The molecule has 0 saturated heterocycles. The lowest BCUT2D eigenvalue weighted by molar-refractivity contribution is 0.272. The third-order valence-electron chi connectivity index (χ3n) is 3.46. The summed E-state index contributed by atoms with van der Waals surface area (Å²) in [5.41, 5.74) is 6.67. The quantitative estimate of drug-likeness (QED) is 0.882. The Morgan fingerprint density at radius 3 is 2.11 bits per heavy atom. The zero-order valence-electron chi connectivity index (χ0n) is 11.7. The summed E-state index contributed by atoms with van der Waals surface area (Å²) in [5, 5.41) is 9.38. The van der Waals surface area contributed by atoms with Crippen molar-refractivity contribution in [1.82, 2.24) is 9.55 Å². The van der Waals surface area contributed by atoms with Crippen molar-refractivity contribution in [3.8, 4) is 11.4 Å². The van der Waals surface area contributed by atoms with Gasteiger partial charge in [0.2, 0.25) is 0 Å². The van der Waals surface area contributed by atoms with E-state index >= 15 is 0 Å². The van der Waals surface area contributed by atoms with Gasteiger partial charge in [0.05, 0.1) is 18.0 Å². The lowest BCUT2D eigenvalue weighted by atomic mass is 9.99. The van der Waals surface area contributed by atoms with Crippen LogP contribution in [0.3, 0.4) is 0 Å². The summed E-state index contributed by atoms with van der Waals surface area (Å²) in [6.45, 7) is 8.29. The first-order valence-corrected chi connectivity index (χ1v) is 6.17. The van der Waals surface area contributed by atoms with Crippen LogP contribution in [0, 0.1) is 27.7 Å². The van der Waals surface area contributed by atoms with Crippen LogP contribution in [0.4, 0.5) is 0 Å². The van der Waals surface area contributed by atoms with Gasteiger partial charge in [-0.2, -0.15) is 0 Å². The molecule has 0 aliphatic heterocycles. The van der Waals surface area contributed by atoms with E-state index < -0.39 is 0 Å². The lowest BCUT2D eigenvalue weighted by Crippen LogP contribution is -2.01. The molecule has 2 aromatic rings. The standard InChI is InChI=1S/C15H20N2O/c1-9-6-10(2)14(11(3)7-9)15-16-12(4)13(8-18)17(15)5/h6-7,18H,8H2,1-5H3. The summed E-state index contributed by atoms with van der Waals surface area (Å²) in [5.74, 6) is 0.937. The average Bonchev–Trinajstić information content (AvgIpc) is 2.53. The minimum Gasteiger partial charge on any atom is -0.390 e. The highest BCUT2D eigenvalue weighted by atomic mass is 16.3. The molecule has 18 heavy (non-hydrogen) atoms. The molecule has 2 rings (SSSR count). The smallest absolute Gasteiger partial charge is 0.140 e. The fourth-order valence-corrected chi connectivity index (χ4v) is 2.65. The van der Waals surface area contributed by atoms with E-state index in [1.165, 1.54) is 22.3 Å². The first-order chi connectivity index (χ1) is 8.45. The number of hydrogen-bond acceptors (Lipinski definition) is 2. The fraction of sp³-hybridized carbons (Fsp3) is 0.400. The van der Waals surface area contributed by atoms with Gasteiger partial charge in [-0.1, -0.05) is 17.7 Å². The van der Waals surface area contributed by atoms with E-state index in [-0.39, 0.29) is 6.61 Å². The predicted molar refractivity (Wildman–Crippen MR) is 73.5 cm³/mol. The second-order valence-corrected chi connectivity index (χ2v) is 4.96. The second kappa shape index (κ2) is 4.58. The van der Waals surface area contributed by atoms with Crippen molar-refractivity contribution in [3.63, 3.8) is 0 Å². The highest BCUT2D eigenvalue weighted by Gasteiger charge is 2.16. The molecule has 0 atom stereocenters. The predicted octanol–water partition coefficient (Wildman–Crippen LogP) is 2.81. The zero-order valence-corrected chi connectivity index (χ0v) is 11.7. The van der Waals surface area contributed by atoms with E-state index in [0.29, 0.717) is 0 Å². The van der Waals surface area contributed by atoms with E-state index in [0.717, 1.165) is 17.2 Å². The van der Waals surface area contributed by atoms with Crippen molar-refractivity contribution in [2.24, 2.45) is 7.05 Å². The van der Waals surface area contributed by atoms with Crippen molar-refractivity contribution >= 4 is 0 Å². The van der Waals surface area contributed by atoms with Crippen molar-refractivity contribution in [1.29, 1.82) is 0 Å². The zero-order chi connectivity index (χ0) is 13.4. The summed E-state index contributed by atoms with van der Waals surface area (Å²) in [7, 11) is 1.96. The molecule has 0 aliphatic rings. The summed E-state index contributed by atoms with van der Waals surface area (Å²) in [6.07, 6.45) is 0. The summed E-state index contributed by atoms with van der Waals surface area (Å²) in [4.78, 5) is 4.61. The van der Waals surface area contributed by atoms with Gasteiger partial charge < -0.3 is 9.67 Å². The van der Waals surface area contributed by atoms with Gasteiger partial charge in [0.1, 0.15) is 5.82 Å². The summed E-state index contributed by atoms with van der Waals surface area (Å²) >= 11 is 0. The SMILES string of the molecule is Cc1cc(C)c(-c2nc(C)c(CO)n2C)c(C)c1. The highest BCUT2D eigenvalue weighted by Crippen LogP contribution is 2.28. The highest BCUT2D eigenvalue weighted by molar-refractivity contribution is 5.66. The van der Waals surface area contributed by atoms with Gasteiger partial charge in [-0.3, -0.25) is 0 Å². The molecule has 3 nitrogen and oxygen atoms in total. The fourth-order valence-electron chi connectivity index (χ4n) is 2.65. The van der Waals surface area contributed by atoms with E-state index in [1.807, 2.05) is 18.5 Å². The number of aliphatic hydroxyl groups excluding tert-OH is 1. The number of imidazole rings is 1. The van der Waals surface area contributed by atoms with Gasteiger partial charge in [-0.15, -0.1) is 0 Å². The molecule has 0 spiro atoms. The number of aromatic nitrogens is 2. The normalized spacial score (nSPS) is 11.0. The van der Waals surface area contributed by atoms with Crippen LogP contribution < -0.4 is 0 Å². The van der Waals surface area contributed by atoms with E-state index in [4.69, 9.17) is 0 Å². The van der Waals surface area contributed by atoms with Gasteiger partial charge in [0.15, 0.2) is 0 Å². The van der Waals surface area contributed by atoms with Crippen molar-refractivity contribution in [2.75, 3.05) is 0 Å². The third kappa shape index (κ3) is 1.95. The Kier molecular flexibility index (Phi) is 3.26. The van der Waals surface area contributed by atoms with Crippen LogP contribution in [0.5, 0.6) is 0 Å². The van der Waals surface area contributed by atoms with E-state index in [1.54, 1.807) is 0 Å². The minimum atomic E-state index is 0.0271. The number of hydrogen-bond donors (Lipinski definition) is 1. The first kappa shape index (κ1) is 12.8. The van der Waals surface area contributed by atoms with Crippen LogP contribution in [0.15, 0.2) is 12.1 Å². The Balaban J connectivity index is 2.70. The molecule has 96 valence electrons. The topological polar surface area (TPSA) is 38.1 Å². The molecule has 3 heteroatoms. The van der Waals surface area contributed by atoms with Crippen LogP contribution >= 0.6 is 0 Å². The molecule has 0 bridgehead atoms. The number of aryl methyl sites for hydroxylation is 4. The van der Waals surface area contributed by atoms with Crippen LogP contribution in [-0.4, -0.2) is 14.7 Å². The number of nitrogens with zero attached hydrogens (tertiary/aromatic N) is 2. The third-order valence-corrected chi connectivity index (χ3v) is 3.46. The largest absolute Gasteiger partial charge is 0.390 e. The maximum absolute atomic E-state index is 9.38. The molecule has 1 aromatic carbocycles. The maximum Gasteiger partial charge on any atom is 0.140 e. The molecular weight excluding hydrogens is 224 g/mol. The summed E-state index contributed by atoms with van der Waals surface area (Å²) < 4.78 is 1.99. The molecule has 1 aromatic heterocycles. The molecule has 1 N–H and O–H groups in total. The molecule has 0 amide bonds. The molecule has 0 saturated carbocycles. The van der Waals surface area contributed by atoms with Crippen molar-refractivity contribution in [3.05, 3.63) is 40.2 Å². The van der Waals surface area contributed by atoms with Crippen LogP contribution in [0.25, 0.3) is 11.4 Å². The van der Waals surface area contributed by atoms with E-state index in [9.17, 15) is 5.11 Å². The Bertz CT molecular complexity index is 574. The summed E-state index contributed by atoms with van der Waals surface area (Å²) in [6, 6.07) is 4.34. The van der Waals surface area contributed by atoms with Crippen LogP contribution in [0.1, 0.15) is 28.1 Å². The molecule has 0 radical (unpaired) electrons. The Morgan fingerprint density at radius 1 is 1.11 bits per heavy atom. The average molecular weight is 244 g/mol. The van der Waals surface area contributed by atoms with Gasteiger partial charge >= 0.3 is 0 Å². The molecular formula is C15H20N2O. The van der Waals surface area contributed by atoms with Crippen molar-refractivity contribution in [2.45, 2.75) is 34.3 Å². The van der Waals surface area contributed by atoms with Gasteiger partial charge in [-0.25, -0.2) is 4.98 Å². The maximum atomic E-state index is 9.38. The number of rotatable bonds is 2. The van der Waals surface area contributed by atoms with E-state index in [2.05, 4.69) is 37.9 Å². The Labute approximate surface area is 108 Å². The van der Waals surface area contributed by atoms with Gasteiger partial charge in [-0.05, 0) is 38.8 Å². The molecule has 0 aliphatic carbocycles. The van der Waals surface area contributed by atoms with Gasteiger partial charge in [0.25, 0.3) is 0 Å². The van der Waals surface area contributed by atoms with Crippen LogP contribution in [0.2, 0.25) is 0 Å². The second-order valence-electron chi connectivity index (χ2n) is 4.96. The first-order valence-electron chi connectivity index (χ1n) is 6.17. The minimum absolute atomic E-state index is 0.0271. The molecule has 1 heterocycles. The van der Waals surface area contributed by atoms with Gasteiger partial charge in [0, 0.05) is 12.6 Å². The number of benzene rings is 1. The monoisotopic (exact) mass is 244 g/mol. The Hall–Kier alpha value is -1.61. The number of aliphatic hydroxyl groups is 1. The molecule has 0 fully saturated rings. The Morgan fingerprint density at radius 2 is 1.67 bits per heavy atom. The molecule has 0 unspecified atom stereocenters. The van der Waals surface area contributed by atoms with Crippen molar-refractivity contribution < 1.29 is 5.11 Å². The lowest BCUT2D eigenvalue weighted by Gasteiger charge is -2.11.